The minimum Gasteiger partial charge on any atom is -0.481 e. The summed E-state index contributed by atoms with van der Waals surface area (Å²) >= 11 is 0. The van der Waals surface area contributed by atoms with Crippen LogP contribution in [0.5, 0.6) is 0 Å². The first-order valence-corrected chi connectivity index (χ1v) is 7.08. The van der Waals surface area contributed by atoms with Crippen molar-refractivity contribution in [3.8, 4) is 0 Å². The highest BCUT2D eigenvalue weighted by Gasteiger charge is 2.35. The van der Waals surface area contributed by atoms with Crippen LogP contribution in [-0.4, -0.2) is 29.2 Å². The predicted octanol–water partition coefficient (Wildman–Crippen LogP) is 2.76. The summed E-state index contributed by atoms with van der Waals surface area (Å²) < 4.78 is 0. The standard InChI is InChI=1S/C14H28N2O3/c1-6-13(5,7-2)16-12(19)15-10-14(8-3,9-4)11(17)18/h6-10H2,1-5H3,(H,17,18)(H2,15,16,19). The van der Waals surface area contributed by atoms with Crippen LogP contribution in [-0.2, 0) is 4.79 Å². The number of nitrogens with one attached hydrogen (secondary N) is 2. The molecule has 112 valence electrons. The van der Waals surface area contributed by atoms with Crippen molar-refractivity contribution >= 4 is 12.0 Å². The topological polar surface area (TPSA) is 78.4 Å². The van der Waals surface area contributed by atoms with Gasteiger partial charge < -0.3 is 15.7 Å². The van der Waals surface area contributed by atoms with Crippen molar-refractivity contribution in [1.29, 1.82) is 0 Å². The Hall–Kier alpha value is -1.26. The summed E-state index contributed by atoms with van der Waals surface area (Å²) in [5.74, 6) is -0.855. The number of hydrogen-bond acceptors (Lipinski definition) is 2. The van der Waals surface area contributed by atoms with E-state index in [1.807, 2.05) is 34.6 Å². The second-order valence-corrected chi connectivity index (χ2v) is 5.37. The van der Waals surface area contributed by atoms with Gasteiger partial charge in [-0.25, -0.2) is 4.79 Å². The molecule has 0 fully saturated rings. The number of carboxylic acid groups (broad SMARTS) is 1. The second-order valence-electron chi connectivity index (χ2n) is 5.37. The van der Waals surface area contributed by atoms with E-state index in [0.717, 1.165) is 12.8 Å². The number of rotatable bonds is 8. The van der Waals surface area contributed by atoms with E-state index < -0.39 is 11.4 Å². The Labute approximate surface area is 116 Å². The molecule has 0 saturated heterocycles. The monoisotopic (exact) mass is 272 g/mol. The lowest BCUT2D eigenvalue weighted by molar-refractivity contribution is -0.149. The molecule has 0 heterocycles. The van der Waals surface area contributed by atoms with Gasteiger partial charge in [0.25, 0.3) is 0 Å². The predicted molar refractivity (Wildman–Crippen MR) is 76.2 cm³/mol. The largest absolute Gasteiger partial charge is 0.481 e. The number of amides is 2. The molecule has 0 atom stereocenters. The van der Waals surface area contributed by atoms with Crippen molar-refractivity contribution in [2.45, 2.75) is 65.8 Å². The van der Waals surface area contributed by atoms with Crippen LogP contribution in [0.4, 0.5) is 4.79 Å². The van der Waals surface area contributed by atoms with Crippen LogP contribution in [0, 0.1) is 5.41 Å². The van der Waals surface area contributed by atoms with Crippen LogP contribution in [0.25, 0.3) is 0 Å². The number of carbonyl (C=O) groups is 2. The molecule has 19 heavy (non-hydrogen) atoms. The molecule has 0 aliphatic carbocycles. The molecule has 0 saturated carbocycles. The molecule has 3 N–H and O–H groups in total. The quantitative estimate of drug-likeness (QED) is 0.635. The number of hydrogen-bond donors (Lipinski definition) is 3. The normalized spacial score (nSPS) is 12.1. The zero-order valence-corrected chi connectivity index (χ0v) is 12.8. The fourth-order valence-electron chi connectivity index (χ4n) is 1.87. The van der Waals surface area contributed by atoms with Gasteiger partial charge in [0.05, 0.1) is 5.41 Å². The van der Waals surface area contributed by atoms with E-state index in [4.69, 9.17) is 0 Å². The number of carboxylic acids is 1. The zero-order valence-electron chi connectivity index (χ0n) is 12.8. The molecule has 0 aromatic heterocycles. The summed E-state index contributed by atoms with van der Waals surface area (Å²) in [5.41, 5.74) is -1.11. The summed E-state index contributed by atoms with van der Waals surface area (Å²) in [5, 5.41) is 14.9. The smallest absolute Gasteiger partial charge is 0.315 e. The van der Waals surface area contributed by atoms with E-state index in [-0.39, 0.29) is 18.1 Å². The van der Waals surface area contributed by atoms with E-state index in [0.29, 0.717) is 12.8 Å². The van der Waals surface area contributed by atoms with Gasteiger partial charge >= 0.3 is 12.0 Å². The van der Waals surface area contributed by atoms with Crippen LogP contribution in [0.1, 0.15) is 60.3 Å². The Bertz CT molecular complexity index is 308. The van der Waals surface area contributed by atoms with Gasteiger partial charge in [-0.2, -0.15) is 0 Å². The Kier molecular flexibility index (Phi) is 6.87. The first kappa shape index (κ1) is 17.7. The molecule has 0 bridgehead atoms. The highest BCUT2D eigenvalue weighted by Crippen LogP contribution is 2.25. The molecule has 5 nitrogen and oxygen atoms in total. The fraction of sp³-hybridized carbons (Fsp3) is 0.857. The van der Waals surface area contributed by atoms with E-state index in [2.05, 4.69) is 10.6 Å². The molecule has 0 aliphatic heterocycles. The third-order valence-electron chi connectivity index (χ3n) is 4.37. The van der Waals surface area contributed by atoms with Crippen molar-refractivity contribution in [2.75, 3.05) is 6.54 Å². The summed E-state index contributed by atoms with van der Waals surface area (Å²) in [4.78, 5) is 23.2. The minimum absolute atomic E-state index is 0.157. The summed E-state index contributed by atoms with van der Waals surface area (Å²) in [7, 11) is 0. The molecule has 0 unspecified atom stereocenters. The van der Waals surface area contributed by atoms with Gasteiger partial charge in [-0.05, 0) is 32.6 Å². The van der Waals surface area contributed by atoms with Crippen LogP contribution in [0.2, 0.25) is 0 Å². The number of carbonyl (C=O) groups excluding carboxylic acids is 1. The van der Waals surface area contributed by atoms with Gasteiger partial charge in [0.2, 0.25) is 0 Å². The third-order valence-corrected chi connectivity index (χ3v) is 4.37. The fourth-order valence-corrected chi connectivity index (χ4v) is 1.87. The summed E-state index contributed by atoms with van der Waals surface area (Å²) in [6.45, 7) is 9.84. The molecule has 5 heteroatoms. The lowest BCUT2D eigenvalue weighted by atomic mass is 9.82. The lowest BCUT2D eigenvalue weighted by Crippen LogP contribution is -2.52. The molecule has 0 radical (unpaired) electrons. The average molecular weight is 272 g/mol. The number of urea groups is 1. The second kappa shape index (κ2) is 7.36. The van der Waals surface area contributed by atoms with Gasteiger partial charge in [-0.1, -0.05) is 27.7 Å². The van der Waals surface area contributed by atoms with Crippen LogP contribution >= 0.6 is 0 Å². The highest BCUT2D eigenvalue weighted by molar-refractivity contribution is 5.78. The Balaban J connectivity index is 4.55. The maximum atomic E-state index is 11.9. The maximum Gasteiger partial charge on any atom is 0.315 e. The molecule has 2 amide bonds. The third kappa shape index (κ3) is 4.73. The van der Waals surface area contributed by atoms with Gasteiger partial charge in [0, 0.05) is 12.1 Å². The van der Waals surface area contributed by atoms with Crippen molar-refractivity contribution in [2.24, 2.45) is 5.41 Å². The van der Waals surface area contributed by atoms with Gasteiger partial charge in [0.15, 0.2) is 0 Å². The lowest BCUT2D eigenvalue weighted by Gasteiger charge is -2.31. The molecule has 0 aliphatic rings. The Morgan fingerprint density at radius 3 is 1.79 bits per heavy atom. The molecule has 0 spiro atoms. The number of aliphatic carboxylic acids is 1. The van der Waals surface area contributed by atoms with E-state index >= 15 is 0 Å². The maximum absolute atomic E-state index is 11.9. The van der Waals surface area contributed by atoms with Gasteiger partial charge in [-0.3, -0.25) is 4.79 Å². The molecule has 0 rings (SSSR count). The first-order valence-electron chi connectivity index (χ1n) is 7.08. The van der Waals surface area contributed by atoms with Crippen molar-refractivity contribution in [3.63, 3.8) is 0 Å². The molecule has 0 aromatic carbocycles. The van der Waals surface area contributed by atoms with E-state index in [1.54, 1.807) is 0 Å². The molecular formula is C14H28N2O3. The Morgan fingerprint density at radius 2 is 1.47 bits per heavy atom. The van der Waals surface area contributed by atoms with Crippen molar-refractivity contribution < 1.29 is 14.7 Å². The average Bonchev–Trinajstić information content (AvgIpc) is 2.40. The van der Waals surface area contributed by atoms with E-state index in [1.165, 1.54) is 0 Å². The summed E-state index contributed by atoms with van der Waals surface area (Å²) in [6.07, 6.45) is 2.67. The minimum atomic E-state index is -0.869. The van der Waals surface area contributed by atoms with Crippen molar-refractivity contribution in [3.05, 3.63) is 0 Å². The van der Waals surface area contributed by atoms with Gasteiger partial charge in [-0.15, -0.1) is 0 Å². The SMILES string of the molecule is CCC(C)(CC)NC(=O)NCC(CC)(CC)C(=O)O. The zero-order chi connectivity index (χ0) is 15.1. The van der Waals surface area contributed by atoms with Crippen LogP contribution in [0.15, 0.2) is 0 Å². The van der Waals surface area contributed by atoms with Crippen LogP contribution < -0.4 is 10.6 Å². The van der Waals surface area contributed by atoms with Crippen molar-refractivity contribution in [1.82, 2.24) is 10.6 Å². The van der Waals surface area contributed by atoms with E-state index in [9.17, 15) is 14.7 Å². The first-order chi connectivity index (χ1) is 8.79. The van der Waals surface area contributed by atoms with Gasteiger partial charge in [0.1, 0.15) is 0 Å². The summed E-state index contributed by atoms with van der Waals surface area (Å²) in [6, 6.07) is -0.293. The molecular weight excluding hydrogens is 244 g/mol. The molecule has 0 aromatic rings. The van der Waals surface area contributed by atoms with Crippen LogP contribution in [0.3, 0.4) is 0 Å². The highest BCUT2D eigenvalue weighted by atomic mass is 16.4. The Morgan fingerprint density at radius 1 is 1.00 bits per heavy atom.